The van der Waals surface area contributed by atoms with Crippen molar-refractivity contribution in [3.05, 3.63) is 78.2 Å². The molecule has 1 amide bonds. The maximum absolute atomic E-state index is 13.3. The highest BCUT2D eigenvalue weighted by Gasteiger charge is 2.25. The fraction of sp³-hybridized carbons (Fsp3) is 0.269. The summed E-state index contributed by atoms with van der Waals surface area (Å²) in [4.78, 5) is 21.8. The molecule has 7 heteroatoms. The molecule has 6 nitrogen and oxygen atoms in total. The van der Waals surface area contributed by atoms with Crippen LogP contribution in [0.15, 0.2) is 66.9 Å². The summed E-state index contributed by atoms with van der Waals surface area (Å²) in [5, 5.41) is 2.95. The van der Waals surface area contributed by atoms with E-state index in [1.165, 1.54) is 24.3 Å². The number of halogens is 1. The van der Waals surface area contributed by atoms with Crippen molar-refractivity contribution in [1.29, 1.82) is 0 Å². The zero-order valence-electron chi connectivity index (χ0n) is 18.4. The third-order valence-corrected chi connectivity index (χ3v) is 6.20. The van der Waals surface area contributed by atoms with Crippen LogP contribution in [0.25, 0.3) is 11.0 Å². The molecule has 1 aliphatic rings. The second kappa shape index (κ2) is 9.02. The van der Waals surface area contributed by atoms with Crippen molar-refractivity contribution in [2.45, 2.75) is 38.6 Å². The molecule has 0 bridgehead atoms. The SMILES string of the molecule is CC1CCC(n2c(NC(=O)c3ccc(F)cc3)nc3ccc(Oc4ccccn4)cc32)CC1. The molecule has 1 fully saturated rings. The number of nitrogens with one attached hydrogen (secondary N) is 1. The van der Waals surface area contributed by atoms with Gasteiger partial charge < -0.3 is 9.30 Å². The Bertz CT molecular complexity index is 1260. The molecule has 0 spiro atoms. The van der Waals surface area contributed by atoms with E-state index in [1.54, 1.807) is 12.3 Å². The molecule has 2 aromatic heterocycles. The first-order valence-corrected chi connectivity index (χ1v) is 11.2. The maximum Gasteiger partial charge on any atom is 0.257 e. The zero-order chi connectivity index (χ0) is 22.8. The van der Waals surface area contributed by atoms with Crippen LogP contribution in [0.4, 0.5) is 10.3 Å². The Kier molecular flexibility index (Phi) is 5.77. The molecule has 0 saturated heterocycles. The van der Waals surface area contributed by atoms with Crippen molar-refractivity contribution >= 4 is 22.9 Å². The van der Waals surface area contributed by atoms with E-state index >= 15 is 0 Å². The summed E-state index contributed by atoms with van der Waals surface area (Å²) in [5.74, 6) is 1.66. The number of hydrogen-bond acceptors (Lipinski definition) is 4. The molecule has 1 saturated carbocycles. The van der Waals surface area contributed by atoms with Gasteiger partial charge in [0, 0.05) is 29.9 Å². The molecular weight excluding hydrogens is 419 g/mol. The number of ether oxygens (including phenoxy) is 1. The van der Waals surface area contributed by atoms with Gasteiger partial charge in [-0.2, -0.15) is 0 Å². The van der Waals surface area contributed by atoms with Gasteiger partial charge in [0.1, 0.15) is 11.6 Å². The van der Waals surface area contributed by atoms with Crippen LogP contribution in [0.3, 0.4) is 0 Å². The molecule has 2 heterocycles. The molecule has 0 atom stereocenters. The highest BCUT2D eigenvalue weighted by atomic mass is 19.1. The van der Waals surface area contributed by atoms with Crippen molar-refractivity contribution in [2.75, 3.05) is 5.32 Å². The van der Waals surface area contributed by atoms with Crippen molar-refractivity contribution in [2.24, 2.45) is 5.92 Å². The number of rotatable bonds is 5. The highest BCUT2D eigenvalue weighted by Crippen LogP contribution is 2.37. The average molecular weight is 445 g/mol. The molecule has 5 rings (SSSR count). The summed E-state index contributed by atoms with van der Waals surface area (Å²) in [6.07, 6.45) is 5.96. The number of anilines is 1. The summed E-state index contributed by atoms with van der Waals surface area (Å²) in [5.41, 5.74) is 2.06. The van der Waals surface area contributed by atoms with Crippen LogP contribution in [0, 0.1) is 11.7 Å². The molecule has 0 aliphatic heterocycles. The molecule has 0 radical (unpaired) electrons. The molecular formula is C26H25FN4O2. The number of carbonyl (C=O) groups excluding carboxylic acids is 1. The first kappa shape index (κ1) is 21.1. The van der Waals surface area contributed by atoms with Gasteiger partial charge in [0.25, 0.3) is 5.91 Å². The first-order valence-electron chi connectivity index (χ1n) is 11.2. The second-order valence-corrected chi connectivity index (χ2v) is 8.60. The normalized spacial score (nSPS) is 18.2. The van der Waals surface area contributed by atoms with Gasteiger partial charge in [-0.3, -0.25) is 10.1 Å². The van der Waals surface area contributed by atoms with E-state index in [0.29, 0.717) is 29.1 Å². The van der Waals surface area contributed by atoms with Crippen LogP contribution in [-0.2, 0) is 0 Å². The largest absolute Gasteiger partial charge is 0.439 e. The number of nitrogens with zero attached hydrogens (tertiary/aromatic N) is 3. The van der Waals surface area contributed by atoms with Gasteiger partial charge in [0.2, 0.25) is 11.8 Å². The standard InChI is InChI=1S/C26H25FN4O2/c1-17-5-11-20(12-6-17)31-23-16-21(33-24-4-2-3-15-28-24)13-14-22(23)29-26(31)30-25(32)18-7-9-19(27)10-8-18/h2-4,7-10,13-17,20H,5-6,11-12H2,1H3,(H,29,30,32). The minimum absolute atomic E-state index is 0.222. The average Bonchev–Trinajstić information content (AvgIpc) is 3.18. The Morgan fingerprint density at radius 2 is 1.85 bits per heavy atom. The van der Waals surface area contributed by atoms with Crippen LogP contribution in [0.1, 0.15) is 49.0 Å². The lowest BCUT2D eigenvalue weighted by Gasteiger charge is -2.29. The van der Waals surface area contributed by atoms with Crippen molar-refractivity contribution in [3.63, 3.8) is 0 Å². The van der Waals surface area contributed by atoms with E-state index < -0.39 is 0 Å². The maximum atomic E-state index is 13.3. The van der Waals surface area contributed by atoms with E-state index in [-0.39, 0.29) is 17.8 Å². The molecule has 168 valence electrons. The number of amides is 1. The summed E-state index contributed by atoms with van der Waals surface area (Å²) in [6.45, 7) is 2.28. The van der Waals surface area contributed by atoms with E-state index in [0.717, 1.165) is 36.7 Å². The van der Waals surface area contributed by atoms with Crippen molar-refractivity contribution in [3.8, 4) is 11.6 Å². The fourth-order valence-corrected chi connectivity index (χ4v) is 4.40. The summed E-state index contributed by atoms with van der Waals surface area (Å²) >= 11 is 0. The van der Waals surface area contributed by atoms with Gasteiger partial charge in [-0.25, -0.2) is 14.4 Å². The van der Waals surface area contributed by atoms with Crippen LogP contribution in [-0.4, -0.2) is 20.4 Å². The molecule has 1 N–H and O–H groups in total. The van der Waals surface area contributed by atoms with Crippen LogP contribution in [0.5, 0.6) is 11.6 Å². The van der Waals surface area contributed by atoms with Gasteiger partial charge in [0.05, 0.1) is 11.0 Å². The van der Waals surface area contributed by atoms with Gasteiger partial charge >= 0.3 is 0 Å². The lowest BCUT2D eigenvalue weighted by Crippen LogP contribution is -2.21. The summed E-state index contributed by atoms with van der Waals surface area (Å²) < 4.78 is 21.3. The zero-order valence-corrected chi connectivity index (χ0v) is 18.4. The number of imidazole rings is 1. The van der Waals surface area contributed by atoms with E-state index in [9.17, 15) is 9.18 Å². The Morgan fingerprint density at radius 3 is 2.58 bits per heavy atom. The Labute approximate surface area is 191 Å². The molecule has 1 aliphatic carbocycles. The van der Waals surface area contributed by atoms with Crippen molar-refractivity contribution in [1.82, 2.24) is 14.5 Å². The van der Waals surface area contributed by atoms with Gasteiger partial charge in [-0.05, 0) is 74.1 Å². The lowest BCUT2D eigenvalue weighted by atomic mass is 9.87. The molecule has 2 aromatic carbocycles. The molecule has 0 unspecified atom stereocenters. The van der Waals surface area contributed by atoms with Crippen LogP contribution < -0.4 is 10.1 Å². The fourth-order valence-electron chi connectivity index (χ4n) is 4.40. The smallest absolute Gasteiger partial charge is 0.257 e. The van der Waals surface area contributed by atoms with E-state index in [1.807, 2.05) is 30.3 Å². The number of carbonyl (C=O) groups is 1. The third kappa shape index (κ3) is 4.58. The predicted octanol–water partition coefficient (Wildman–Crippen LogP) is 6.37. The van der Waals surface area contributed by atoms with Crippen molar-refractivity contribution < 1.29 is 13.9 Å². The Morgan fingerprint density at radius 1 is 1.06 bits per heavy atom. The molecule has 33 heavy (non-hydrogen) atoms. The van der Waals surface area contributed by atoms with E-state index in [4.69, 9.17) is 9.72 Å². The number of pyridine rings is 1. The number of hydrogen-bond donors (Lipinski definition) is 1. The van der Waals surface area contributed by atoms with Crippen LogP contribution >= 0.6 is 0 Å². The molecule has 4 aromatic rings. The monoisotopic (exact) mass is 444 g/mol. The van der Waals surface area contributed by atoms with E-state index in [2.05, 4.69) is 21.8 Å². The highest BCUT2D eigenvalue weighted by molar-refractivity contribution is 6.04. The van der Waals surface area contributed by atoms with Crippen LogP contribution in [0.2, 0.25) is 0 Å². The quantitative estimate of drug-likeness (QED) is 0.389. The second-order valence-electron chi connectivity index (χ2n) is 8.60. The van der Waals surface area contributed by atoms with Gasteiger partial charge in [0.15, 0.2) is 0 Å². The third-order valence-electron chi connectivity index (χ3n) is 6.20. The minimum atomic E-state index is -0.379. The Balaban J connectivity index is 1.52. The van der Waals surface area contributed by atoms with Gasteiger partial charge in [-0.1, -0.05) is 13.0 Å². The Hall–Kier alpha value is -3.74. The number of aromatic nitrogens is 3. The number of benzene rings is 2. The number of fused-ring (bicyclic) bond motifs is 1. The minimum Gasteiger partial charge on any atom is -0.439 e. The lowest BCUT2D eigenvalue weighted by molar-refractivity contribution is 0.102. The summed E-state index contributed by atoms with van der Waals surface area (Å²) in [7, 11) is 0. The summed E-state index contributed by atoms with van der Waals surface area (Å²) in [6, 6.07) is 16.9. The van der Waals surface area contributed by atoms with Gasteiger partial charge in [-0.15, -0.1) is 0 Å². The topological polar surface area (TPSA) is 69.0 Å². The first-order chi connectivity index (χ1) is 16.1. The predicted molar refractivity (Wildman–Crippen MR) is 125 cm³/mol.